The Bertz CT molecular complexity index is 1040. The van der Waals surface area contributed by atoms with Crippen LogP contribution in [0.15, 0.2) is 54.7 Å². The highest BCUT2D eigenvalue weighted by Crippen LogP contribution is 2.35. The predicted octanol–water partition coefficient (Wildman–Crippen LogP) is 4.84. The Balaban J connectivity index is 1.68. The van der Waals surface area contributed by atoms with E-state index in [0.29, 0.717) is 11.1 Å². The monoisotopic (exact) mass is 403 g/mol. The van der Waals surface area contributed by atoms with Crippen LogP contribution in [0.3, 0.4) is 0 Å². The van der Waals surface area contributed by atoms with Gasteiger partial charge in [0.25, 0.3) is 5.91 Å². The number of nitrogens with one attached hydrogen (secondary N) is 1. The number of alkyl halides is 3. The number of halogens is 4. The second kappa shape index (κ2) is 7.35. The number of hydrogen-bond donors (Lipinski definition) is 1. The van der Waals surface area contributed by atoms with Gasteiger partial charge in [-0.15, -0.1) is 0 Å². The minimum absolute atomic E-state index is 0.0146. The van der Waals surface area contributed by atoms with Crippen LogP contribution in [0, 0.1) is 5.82 Å². The summed E-state index contributed by atoms with van der Waals surface area (Å²) in [6.45, 7) is 0. The molecule has 8 heteroatoms. The summed E-state index contributed by atoms with van der Waals surface area (Å²) in [7, 11) is 0. The number of hydrogen-bond acceptors (Lipinski definition) is 2. The molecule has 1 aromatic heterocycles. The maximum absolute atomic E-state index is 13.8. The molecular weight excluding hydrogens is 386 g/mol. The van der Waals surface area contributed by atoms with Crippen LogP contribution in [0.4, 0.5) is 17.6 Å². The van der Waals surface area contributed by atoms with Gasteiger partial charge in [-0.1, -0.05) is 24.3 Å². The van der Waals surface area contributed by atoms with Crippen molar-refractivity contribution in [2.75, 3.05) is 0 Å². The molecule has 1 aliphatic carbocycles. The number of nitrogens with zero attached hydrogens (tertiary/aromatic N) is 2. The Hall–Kier alpha value is -3.16. The van der Waals surface area contributed by atoms with Crippen molar-refractivity contribution in [3.05, 3.63) is 82.9 Å². The van der Waals surface area contributed by atoms with E-state index in [1.165, 1.54) is 12.1 Å². The number of aromatic nitrogens is 2. The van der Waals surface area contributed by atoms with Crippen LogP contribution in [0.25, 0.3) is 5.69 Å². The molecule has 1 aliphatic rings. The van der Waals surface area contributed by atoms with Gasteiger partial charge in [-0.3, -0.25) is 4.79 Å². The molecule has 0 fully saturated rings. The summed E-state index contributed by atoms with van der Waals surface area (Å²) < 4.78 is 55.1. The first kappa shape index (κ1) is 19.2. The van der Waals surface area contributed by atoms with Crippen LogP contribution in [-0.4, -0.2) is 15.7 Å². The van der Waals surface area contributed by atoms with E-state index >= 15 is 0 Å². The van der Waals surface area contributed by atoms with Crippen molar-refractivity contribution < 1.29 is 22.4 Å². The van der Waals surface area contributed by atoms with Gasteiger partial charge in [-0.05, 0) is 54.7 Å². The third-order valence-electron chi connectivity index (χ3n) is 5.03. The molecule has 1 N–H and O–H groups in total. The molecule has 1 unspecified atom stereocenters. The van der Waals surface area contributed by atoms with Crippen LogP contribution >= 0.6 is 0 Å². The normalized spacial score (nSPS) is 16.3. The summed E-state index contributed by atoms with van der Waals surface area (Å²) >= 11 is 0. The number of carbonyl (C=O) groups excluding carboxylic acids is 1. The van der Waals surface area contributed by atoms with E-state index in [1.807, 2.05) is 24.3 Å². The molecule has 1 heterocycles. The van der Waals surface area contributed by atoms with Crippen LogP contribution in [0.5, 0.6) is 0 Å². The minimum Gasteiger partial charge on any atom is -0.345 e. The van der Waals surface area contributed by atoms with E-state index in [0.717, 1.165) is 42.3 Å². The summed E-state index contributed by atoms with van der Waals surface area (Å²) in [5.74, 6) is -1.42. The summed E-state index contributed by atoms with van der Waals surface area (Å²) in [4.78, 5) is 12.8. The molecular formula is C21H17F4N3O. The lowest BCUT2D eigenvalue weighted by Gasteiger charge is -2.26. The highest BCUT2D eigenvalue weighted by atomic mass is 19.4. The Morgan fingerprint density at radius 1 is 1.10 bits per heavy atom. The first-order chi connectivity index (χ1) is 13.8. The Labute approximate surface area is 164 Å². The van der Waals surface area contributed by atoms with E-state index in [-0.39, 0.29) is 11.7 Å². The first-order valence-electron chi connectivity index (χ1n) is 9.14. The quantitative estimate of drug-likeness (QED) is 0.637. The van der Waals surface area contributed by atoms with Gasteiger partial charge in [0.15, 0.2) is 5.69 Å². The molecule has 29 heavy (non-hydrogen) atoms. The number of carbonyl (C=O) groups is 1. The van der Waals surface area contributed by atoms with Crippen LogP contribution in [0.2, 0.25) is 0 Å². The fraction of sp³-hybridized carbons (Fsp3) is 0.238. The topological polar surface area (TPSA) is 46.9 Å². The lowest BCUT2D eigenvalue weighted by molar-refractivity contribution is -0.143. The largest absolute Gasteiger partial charge is 0.434 e. The Morgan fingerprint density at radius 3 is 2.55 bits per heavy atom. The Morgan fingerprint density at radius 2 is 1.83 bits per heavy atom. The molecule has 0 spiro atoms. The number of benzene rings is 2. The van der Waals surface area contributed by atoms with Gasteiger partial charge >= 0.3 is 6.18 Å². The summed E-state index contributed by atoms with van der Waals surface area (Å²) in [5.41, 5.74) is 0.269. The smallest absolute Gasteiger partial charge is 0.345 e. The second-order valence-electron chi connectivity index (χ2n) is 6.91. The van der Waals surface area contributed by atoms with Gasteiger partial charge in [0.1, 0.15) is 5.82 Å². The minimum atomic E-state index is -4.82. The molecule has 4 rings (SSSR count). The summed E-state index contributed by atoms with van der Waals surface area (Å²) in [6.07, 6.45) is -1.56. The number of amides is 1. The average Bonchev–Trinajstić information content (AvgIpc) is 3.15. The zero-order valence-corrected chi connectivity index (χ0v) is 15.2. The van der Waals surface area contributed by atoms with E-state index in [9.17, 15) is 22.4 Å². The molecule has 0 aliphatic heterocycles. The molecule has 0 bridgehead atoms. The van der Waals surface area contributed by atoms with Crippen molar-refractivity contribution in [2.24, 2.45) is 0 Å². The van der Waals surface area contributed by atoms with Crippen molar-refractivity contribution in [3.63, 3.8) is 0 Å². The molecule has 0 radical (unpaired) electrons. The lowest BCUT2D eigenvalue weighted by Crippen LogP contribution is -2.32. The maximum Gasteiger partial charge on any atom is 0.434 e. The Kier molecular flexibility index (Phi) is 4.86. The van der Waals surface area contributed by atoms with Crippen molar-refractivity contribution in [1.29, 1.82) is 0 Å². The molecule has 0 saturated carbocycles. The van der Waals surface area contributed by atoms with Crippen molar-refractivity contribution >= 4 is 5.91 Å². The number of rotatable bonds is 3. The lowest BCUT2D eigenvalue weighted by atomic mass is 9.87. The third-order valence-corrected chi connectivity index (χ3v) is 5.03. The predicted molar refractivity (Wildman–Crippen MR) is 98.1 cm³/mol. The fourth-order valence-electron chi connectivity index (χ4n) is 3.71. The molecule has 0 saturated heterocycles. The van der Waals surface area contributed by atoms with Crippen LogP contribution < -0.4 is 5.32 Å². The SMILES string of the molecule is O=C(NC1CCCc2ccccc21)c1cnn(-c2ccc(F)cc2)c1C(F)(F)F. The van der Waals surface area contributed by atoms with Gasteiger partial charge in [0.05, 0.1) is 23.5 Å². The van der Waals surface area contributed by atoms with Crippen LogP contribution in [0.1, 0.15) is 46.1 Å². The third kappa shape index (κ3) is 3.74. The van der Waals surface area contributed by atoms with Gasteiger partial charge in [-0.2, -0.15) is 18.3 Å². The number of fused-ring (bicyclic) bond motifs is 1. The zero-order chi connectivity index (χ0) is 20.6. The molecule has 2 aromatic carbocycles. The van der Waals surface area contributed by atoms with Gasteiger partial charge in [0.2, 0.25) is 0 Å². The molecule has 1 atom stereocenters. The van der Waals surface area contributed by atoms with Crippen molar-refractivity contribution in [3.8, 4) is 5.69 Å². The number of aryl methyl sites for hydroxylation is 1. The van der Waals surface area contributed by atoms with E-state index in [1.54, 1.807) is 0 Å². The first-order valence-corrected chi connectivity index (χ1v) is 9.14. The van der Waals surface area contributed by atoms with Crippen molar-refractivity contribution in [1.82, 2.24) is 15.1 Å². The second-order valence-corrected chi connectivity index (χ2v) is 6.91. The van der Waals surface area contributed by atoms with E-state index in [2.05, 4.69) is 10.4 Å². The molecule has 1 amide bonds. The van der Waals surface area contributed by atoms with Gasteiger partial charge in [0, 0.05) is 0 Å². The highest BCUT2D eigenvalue weighted by Gasteiger charge is 2.41. The molecule has 3 aromatic rings. The van der Waals surface area contributed by atoms with Crippen LogP contribution in [-0.2, 0) is 12.6 Å². The van der Waals surface area contributed by atoms with Gasteiger partial charge in [-0.25, -0.2) is 9.07 Å². The van der Waals surface area contributed by atoms with E-state index in [4.69, 9.17) is 0 Å². The van der Waals surface area contributed by atoms with Crippen molar-refractivity contribution in [2.45, 2.75) is 31.5 Å². The van der Waals surface area contributed by atoms with Gasteiger partial charge < -0.3 is 5.32 Å². The summed E-state index contributed by atoms with van der Waals surface area (Å²) in [5, 5.41) is 6.48. The molecule has 4 nitrogen and oxygen atoms in total. The maximum atomic E-state index is 13.8. The molecule has 150 valence electrons. The standard InChI is InChI=1S/C21H17F4N3O/c22-14-8-10-15(11-9-14)28-19(21(23,24)25)17(12-26-28)20(29)27-18-7-3-5-13-4-1-2-6-16(13)18/h1-2,4,6,8-12,18H,3,5,7H2,(H,27,29). The van der Waals surface area contributed by atoms with E-state index < -0.39 is 29.2 Å². The average molecular weight is 403 g/mol. The fourth-order valence-corrected chi connectivity index (χ4v) is 3.71. The zero-order valence-electron chi connectivity index (χ0n) is 15.2. The highest BCUT2D eigenvalue weighted by molar-refractivity contribution is 5.95. The summed E-state index contributed by atoms with van der Waals surface area (Å²) in [6, 6.07) is 11.7.